The van der Waals surface area contributed by atoms with Gasteiger partial charge in [-0.3, -0.25) is 9.59 Å². The molecule has 0 unspecified atom stereocenters. The van der Waals surface area contributed by atoms with Crippen LogP contribution in [0.3, 0.4) is 0 Å². The Morgan fingerprint density at radius 3 is 2.46 bits per heavy atom. The third-order valence-corrected chi connectivity index (χ3v) is 4.23. The van der Waals surface area contributed by atoms with Crippen molar-refractivity contribution in [2.45, 2.75) is 39.7 Å². The van der Waals surface area contributed by atoms with Crippen molar-refractivity contribution in [1.82, 2.24) is 0 Å². The van der Waals surface area contributed by atoms with Crippen LogP contribution in [0, 0.1) is 13.8 Å². The second kappa shape index (κ2) is 5.78. The van der Waals surface area contributed by atoms with Gasteiger partial charge in [0.2, 0.25) is 0 Å². The molecule has 0 fully saturated rings. The Hall–Kier alpha value is -2.62. The van der Waals surface area contributed by atoms with Gasteiger partial charge in [0.25, 0.3) is 5.91 Å². The van der Waals surface area contributed by atoms with Crippen molar-refractivity contribution in [3.05, 3.63) is 58.7 Å². The highest BCUT2D eigenvalue weighted by Crippen LogP contribution is 2.33. The first-order valence-corrected chi connectivity index (χ1v) is 8.01. The molecule has 1 N–H and O–H groups in total. The van der Waals surface area contributed by atoms with Crippen LogP contribution in [-0.2, 0) is 0 Å². The molecule has 0 spiro atoms. The number of amides is 1. The number of anilines is 1. The lowest BCUT2D eigenvalue weighted by molar-refractivity contribution is 0.0620. The SMILES string of the molecule is Cc1cccc(C)c1NC(=O)c1ccc2c(c1)C(=O)CC(C)(C)O2. The molecule has 0 aliphatic carbocycles. The molecule has 3 rings (SSSR count). The third kappa shape index (κ3) is 3.04. The van der Waals surface area contributed by atoms with E-state index < -0.39 is 5.60 Å². The van der Waals surface area contributed by atoms with Gasteiger partial charge in [-0.1, -0.05) is 18.2 Å². The number of aryl methyl sites for hydroxylation is 2. The van der Waals surface area contributed by atoms with Crippen LogP contribution in [-0.4, -0.2) is 17.3 Å². The number of rotatable bonds is 2. The van der Waals surface area contributed by atoms with Crippen LogP contribution in [0.4, 0.5) is 5.69 Å². The van der Waals surface area contributed by atoms with E-state index in [4.69, 9.17) is 4.74 Å². The average Bonchev–Trinajstić information content (AvgIpc) is 2.49. The number of ether oxygens (including phenoxy) is 1. The van der Waals surface area contributed by atoms with E-state index in [9.17, 15) is 9.59 Å². The molecule has 0 bridgehead atoms. The van der Waals surface area contributed by atoms with E-state index in [1.165, 1.54) is 0 Å². The van der Waals surface area contributed by atoms with Crippen molar-refractivity contribution in [2.24, 2.45) is 0 Å². The molecule has 0 atom stereocenters. The maximum atomic E-state index is 12.6. The zero-order valence-corrected chi connectivity index (χ0v) is 14.4. The number of benzene rings is 2. The minimum absolute atomic E-state index is 0.00275. The van der Waals surface area contributed by atoms with Gasteiger partial charge in [0.15, 0.2) is 5.78 Å². The largest absolute Gasteiger partial charge is 0.487 e. The smallest absolute Gasteiger partial charge is 0.255 e. The van der Waals surface area contributed by atoms with Crippen LogP contribution >= 0.6 is 0 Å². The van der Waals surface area contributed by atoms with E-state index in [1.807, 2.05) is 45.9 Å². The number of nitrogens with one attached hydrogen (secondary N) is 1. The van der Waals surface area contributed by atoms with Gasteiger partial charge in [-0.2, -0.15) is 0 Å². The molecule has 0 saturated heterocycles. The van der Waals surface area contributed by atoms with Gasteiger partial charge < -0.3 is 10.1 Å². The topological polar surface area (TPSA) is 55.4 Å². The summed E-state index contributed by atoms with van der Waals surface area (Å²) in [5.74, 6) is 0.315. The molecule has 1 amide bonds. The monoisotopic (exact) mass is 323 g/mol. The van der Waals surface area contributed by atoms with E-state index in [-0.39, 0.29) is 11.7 Å². The van der Waals surface area contributed by atoms with E-state index >= 15 is 0 Å². The first-order chi connectivity index (χ1) is 11.3. The van der Waals surface area contributed by atoms with Gasteiger partial charge in [-0.05, 0) is 57.0 Å². The second-order valence-electron chi connectivity index (χ2n) is 6.89. The molecule has 1 aliphatic rings. The fourth-order valence-electron chi connectivity index (χ4n) is 2.99. The summed E-state index contributed by atoms with van der Waals surface area (Å²) in [6, 6.07) is 10.9. The lowest BCUT2D eigenvalue weighted by Gasteiger charge is -2.31. The summed E-state index contributed by atoms with van der Waals surface area (Å²) >= 11 is 0. The van der Waals surface area contributed by atoms with Crippen LogP contribution in [0.25, 0.3) is 0 Å². The second-order valence-corrected chi connectivity index (χ2v) is 6.89. The Balaban J connectivity index is 1.90. The molecule has 2 aromatic carbocycles. The predicted octanol–water partition coefficient (Wildman–Crippen LogP) is 4.30. The summed E-state index contributed by atoms with van der Waals surface area (Å²) in [4.78, 5) is 24.9. The quantitative estimate of drug-likeness (QED) is 0.896. The number of hydrogen-bond acceptors (Lipinski definition) is 3. The lowest BCUT2D eigenvalue weighted by atomic mass is 9.92. The van der Waals surface area contributed by atoms with Crippen LogP contribution in [0.2, 0.25) is 0 Å². The van der Waals surface area contributed by atoms with Gasteiger partial charge in [-0.25, -0.2) is 0 Å². The third-order valence-electron chi connectivity index (χ3n) is 4.23. The first kappa shape index (κ1) is 16.2. The van der Waals surface area contributed by atoms with Gasteiger partial charge in [-0.15, -0.1) is 0 Å². The summed E-state index contributed by atoms with van der Waals surface area (Å²) in [5, 5.41) is 2.94. The number of carbonyl (C=O) groups is 2. The molecule has 24 heavy (non-hydrogen) atoms. The highest BCUT2D eigenvalue weighted by atomic mass is 16.5. The lowest BCUT2D eigenvalue weighted by Crippen LogP contribution is -2.36. The maximum absolute atomic E-state index is 12.6. The number of ketones is 1. The fraction of sp³-hybridized carbons (Fsp3) is 0.300. The first-order valence-electron chi connectivity index (χ1n) is 8.01. The highest BCUT2D eigenvalue weighted by Gasteiger charge is 2.32. The molecule has 1 aliphatic heterocycles. The summed E-state index contributed by atoms with van der Waals surface area (Å²) in [5.41, 5.74) is 3.23. The summed E-state index contributed by atoms with van der Waals surface area (Å²) in [6.45, 7) is 7.68. The van der Waals surface area contributed by atoms with Crippen molar-refractivity contribution in [3.63, 3.8) is 0 Å². The molecular weight excluding hydrogens is 302 g/mol. The van der Waals surface area contributed by atoms with Crippen molar-refractivity contribution in [2.75, 3.05) is 5.32 Å². The standard InChI is InChI=1S/C20H21NO3/c1-12-6-5-7-13(2)18(12)21-19(23)14-8-9-17-15(10-14)16(22)11-20(3,4)24-17/h5-10H,11H2,1-4H3,(H,21,23). The molecule has 4 nitrogen and oxygen atoms in total. The summed E-state index contributed by atoms with van der Waals surface area (Å²) < 4.78 is 5.83. The van der Waals surface area contributed by atoms with E-state index in [0.29, 0.717) is 23.3 Å². The molecule has 0 radical (unpaired) electrons. The van der Waals surface area contributed by atoms with Gasteiger partial charge in [0.1, 0.15) is 11.4 Å². The van der Waals surface area contributed by atoms with Crippen molar-refractivity contribution in [1.29, 1.82) is 0 Å². The Morgan fingerprint density at radius 2 is 1.79 bits per heavy atom. The minimum atomic E-state index is -0.508. The number of Topliss-reactive ketones (excluding diaryl/α,β-unsaturated/α-hetero) is 1. The van der Waals surface area contributed by atoms with Crippen LogP contribution in [0.15, 0.2) is 36.4 Å². The van der Waals surface area contributed by atoms with E-state index in [0.717, 1.165) is 16.8 Å². The molecule has 1 heterocycles. The Kier molecular flexibility index (Phi) is 3.91. The van der Waals surface area contributed by atoms with E-state index in [1.54, 1.807) is 18.2 Å². The molecule has 4 heteroatoms. The predicted molar refractivity (Wildman–Crippen MR) is 94.0 cm³/mol. The summed E-state index contributed by atoms with van der Waals surface area (Å²) in [6.07, 6.45) is 0.308. The van der Waals surface area contributed by atoms with Gasteiger partial charge in [0.05, 0.1) is 12.0 Å². The van der Waals surface area contributed by atoms with Crippen molar-refractivity contribution >= 4 is 17.4 Å². The normalized spacial score (nSPS) is 15.4. The number of hydrogen-bond donors (Lipinski definition) is 1. The molecule has 124 valence electrons. The Labute approximate surface area is 141 Å². The number of carbonyl (C=O) groups excluding carboxylic acids is 2. The Morgan fingerprint density at radius 1 is 1.12 bits per heavy atom. The van der Waals surface area contributed by atoms with E-state index in [2.05, 4.69) is 5.32 Å². The van der Waals surface area contributed by atoms with Crippen LogP contribution in [0.1, 0.15) is 52.1 Å². The summed E-state index contributed by atoms with van der Waals surface area (Å²) in [7, 11) is 0. The molecular formula is C20H21NO3. The Bertz CT molecular complexity index is 817. The zero-order valence-electron chi connectivity index (χ0n) is 14.4. The maximum Gasteiger partial charge on any atom is 0.255 e. The van der Waals surface area contributed by atoms with Crippen LogP contribution in [0.5, 0.6) is 5.75 Å². The fourth-order valence-corrected chi connectivity index (χ4v) is 2.99. The van der Waals surface area contributed by atoms with Gasteiger partial charge in [0, 0.05) is 11.3 Å². The zero-order chi connectivity index (χ0) is 17.5. The minimum Gasteiger partial charge on any atom is -0.487 e. The van der Waals surface area contributed by atoms with Crippen LogP contribution < -0.4 is 10.1 Å². The molecule has 0 aromatic heterocycles. The van der Waals surface area contributed by atoms with Gasteiger partial charge >= 0.3 is 0 Å². The number of para-hydroxylation sites is 1. The molecule has 0 saturated carbocycles. The highest BCUT2D eigenvalue weighted by molar-refractivity contribution is 6.08. The average molecular weight is 323 g/mol. The van der Waals surface area contributed by atoms with Crippen molar-refractivity contribution in [3.8, 4) is 5.75 Å². The molecule has 2 aromatic rings. The number of fused-ring (bicyclic) bond motifs is 1. The van der Waals surface area contributed by atoms with Crippen molar-refractivity contribution < 1.29 is 14.3 Å².